The van der Waals surface area contributed by atoms with Crippen LogP contribution in [0.25, 0.3) is 0 Å². The summed E-state index contributed by atoms with van der Waals surface area (Å²) in [6, 6.07) is -0.421. The van der Waals surface area contributed by atoms with Crippen molar-refractivity contribution < 1.29 is 9.53 Å². The lowest BCUT2D eigenvalue weighted by atomic mass is 10.1. The van der Waals surface area contributed by atoms with Crippen LogP contribution in [0.15, 0.2) is 0 Å². The Morgan fingerprint density at radius 3 is 2.50 bits per heavy atom. The van der Waals surface area contributed by atoms with Crippen molar-refractivity contribution >= 4 is 18.4 Å². The van der Waals surface area contributed by atoms with E-state index in [-0.39, 0.29) is 18.4 Å². The van der Waals surface area contributed by atoms with Gasteiger partial charge in [0.25, 0.3) is 0 Å². The van der Waals surface area contributed by atoms with E-state index in [1.807, 2.05) is 0 Å². The van der Waals surface area contributed by atoms with Gasteiger partial charge >= 0.3 is 5.97 Å². The van der Waals surface area contributed by atoms with Gasteiger partial charge in [-0.25, -0.2) is 0 Å². The zero-order valence-electron chi connectivity index (χ0n) is 7.71. The Kier molecular flexibility index (Phi) is 10.5. The SMILES string of the molecule is CCCCC(N)C(=O)OCC.Cl. The van der Waals surface area contributed by atoms with Crippen molar-refractivity contribution in [2.45, 2.75) is 39.2 Å². The van der Waals surface area contributed by atoms with Gasteiger partial charge in [-0.05, 0) is 13.3 Å². The van der Waals surface area contributed by atoms with E-state index in [1.165, 1.54) is 0 Å². The van der Waals surface area contributed by atoms with E-state index in [0.717, 1.165) is 19.3 Å². The predicted octanol–water partition coefficient (Wildman–Crippen LogP) is 1.49. The van der Waals surface area contributed by atoms with Gasteiger partial charge in [-0.2, -0.15) is 0 Å². The average Bonchev–Trinajstić information content (AvgIpc) is 2.00. The van der Waals surface area contributed by atoms with Gasteiger partial charge in [0.15, 0.2) is 0 Å². The standard InChI is InChI=1S/C8H17NO2.ClH/c1-3-5-6-7(9)8(10)11-4-2;/h7H,3-6,9H2,1-2H3;1H. The van der Waals surface area contributed by atoms with Crippen LogP contribution in [0.2, 0.25) is 0 Å². The molecule has 0 bridgehead atoms. The molecule has 0 amide bonds. The summed E-state index contributed by atoms with van der Waals surface area (Å²) in [5, 5.41) is 0. The Morgan fingerprint density at radius 1 is 1.50 bits per heavy atom. The van der Waals surface area contributed by atoms with Crippen molar-refractivity contribution in [1.29, 1.82) is 0 Å². The molecule has 0 aromatic heterocycles. The largest absolute Gasteiger partial charge is 0.465 e. The molecule has 12 heavy (non-hydrogen) atoms. The smallest absolute Gasteiger partial charge is 0.322 e. The zero-order valence-corrected chi connectivity index (χ0v) is 8.52. The molecule has 0 aromatic rings. The molecule has 4 heteroatoms. The van der Waals surface area contributed by atoms with Crippen molar-refractivity contribution in [2.75, 3.05) is 6.61 Å². The molecule has 0 heterocycles. The molecule has 0 aliphatic carbocycles. The fraction of sp³-hybridized carbons (Fsp3) is 0.875. The minimum absolute atomic E-state index is 0. The third-order valence-electron chi connectivity index (χ3n) is 1.46. The van der Waals surface area contributed by atoms with Crippen LogP contribution in [0, 0.1) is 0 Å². The Bertz CT molecular complexity index is 120. The van der Waals surface area contributed by atoms with Crippen LogP contribution in [-0.2, 0) is 9.53 Å². The van der Waals surface area contributed by atoms with E-state index >= 15 is 0 Å². The van der Waals surface area contributed by atoms with E-state index in [4.69, 9.17) is 10.5 Å². The molecular formula is C8H18ClNO2. The minimum Gasteiger partial charge on any atom is -0.465 e. The summed E-state index contributed by atoms with van der Waals surface area (Å²) >= 11 is 0. The third-order valence-corrected chi connectivity index (χ3v) is 1.46. The highest BCUT2D eigenvalue weighted by molar-refractivity contribution is 5.85. The number of rotatable bonds is 5. The molecule has 0 saturated heterocycles. The highest BCUT2D eigenvalue weighted by atomic mass is 35.5. The molecule has 0 fully saturated rings. The molecular weight excluding hydrogens is 178 g/mol. The van der Waals surface area contributed by atoms with Crippen LogP contribution in [0.3, 0.4) is 0 Å². The van der Waals surface area contributed by atoms with Gasteiger partial charge in [0.1, 0.15) is 6.04 Å². The quantitative estimate of drug-likeness (QED) is 0.677. The van der Waals surface area contributed by atoms with Crippen LogP contribution in [0.4, 0.5) is 0 Å². The molecule has 0 radical (unpaired) electrons. The monoisotopic (exact) mass is 195 g/mol. The second-order valence-electron chi connectivity index (χ2n) is 2.50. The summed E-state index contributed by atoms with van der Waals surface area (Å²) in [6.45, 7) is 4.26. The molecule has 74 valence electrons. The molecule has 3 nitrogen and oxygen atoms in total. The normalized spacial score (nSPS) is 11.6. The van der Waals surface area contributed by atoms with Crippen LogP contribution < -0.4 is 5.73 Å². The van der Waals surface area contributed by atoms with E-state index in [2.05, 4.69) is 6.92 Å². The zero-order chi connectivity index (χ0) is 8.69. The summed E-state index contributed by atoms with van der Waals surface area (Å²) < 4.78 is 4.74. The third kappa shape index (κ3) is 6.43. The van der Waals surface area contributed by atoms with Crippen molar-refractivity contribution in [2.24, 2.45) is 5.73 Å². The number of ether oxygens (including phenoxy) is 1. The molecule has 0 rings (SSSR count). The number of esters is 1. The molecule has 0 aliphatic rings. The van der Waals surface area contributed by atoms with E-state index in [9.17, 15) is 4.79 Å². The Hall–Kier alpha value is -0.280. The second-order valence-corrected chi connectivity index (χ2v) is 2.50. The number of halogens is 1. The van der Waals surface area contributed by atoms with Crippen molar-refractivity contribution in [3.05, 3.63) is 0 Å². The summed E-state index contributed by atoms with van der Waals surface area (Å²) in [4.78, 5) is 10.9. The van der Waals surface area contributed by atoms with Gasteiger partial charge in [0.2, 0.25) is 0 Å². The predicted molar refractivity (Wildman–Crippen MR) is 51.4 cm³/mol. The highest BCUT2D eigenvalue weighted by Gasteiger charge is 2.12. The Labute approximate surface area is 80.1 Å². The van der Waals surface area contributed by atoms with Crippen LogP contribution >= 0.6 is 12.4 Å². The second kappa shape index (κ2) is 8.81. The lowest BCUT2D eigenvalue weighted by molar-refractivity contribution is -0.144. The van der Waals surface area contributed by atoms with E-state index in [1.54, 1.807) is 6.92 Å². The first kappa shape index (κ1) is 14.3. The van der Waals surface area contributed by atoms with Gasteiger partial charge in [-0.15, -0.1) is 12.4 Å². The maximum Gasteiger partial charge on any atom is 0.322 e. The number of hydrogen-bond donors (Lipinski definition) is 1. The lowest BCUT2D eigenvalue weighted by Gasteiger charge is -2.08. The molecule has 1 unspecified atom stereocenters. The Balaban J connectivity index is 0. The summed E-state index contributed by atoms with van der Waals surface area (Å²) in [6.07, 6.45) is 2.78. The van der Waals surface area contributed by atoms with Crippen molar-refractivity contribution in [3.63, 3.8) is 0 Å². The molecule has 0 aromatic carbocycles. The average molecular weight is 196 g/mol. The maximum absolute atomic E-state index is 10.9. The number of hydrogen-bond acceptors (Lipinski definition) is 3. The number of nitrogens with two attached hydrogens (primary N) is 1. The van der Waals surface area contributed by atoms with E-state index in [0.29, 0.717) is 6.61 Å². The summed E-state index contributed by atoms with van der Waals surface area (Å²) in [5.74, 6) is -0.277. The fourth-order valence-corrected chi connectivity index (χ4v) is 0.791. The first-order chi connectivity index (χ1) is 5.22. The fourth-order valence-electron chi connectivity index (χ4n) is 0.791. The number of carbonyl (C=O) groups excluding carboxylic acids is 1. The van der Waals surface area contributed by atoms with Gasteiger partial charge in [0, 0.05) is 0 Å². The van der Waals surface area contributed by atoms with Gasteiger partial charge in [0.05, 0.1) is 6.61 Å². The lowest BCUT2D eigenvalue weighted by Crippen LogP contribution is -2.32. The number of carbonyl (C=O) groups is 1. The molecule has 0 spiro atoms. The van der Waals surface area contributed by atoms with E-state index < -0.39 is 6.04 Å². The first-order valence-corrected chi connectivity index (χ1v) is 4.14. The molecule has 1 atom stereocenters. The maximum atomic E-state index is 10.9. The Morgan fingerprint density at radius 2 is 2.08 bits per heavy atom. The topological polar surface area (TPSA) is 52.3 Å². The molecule has 0 saturated carbocycles. The van der Waals surface area contributed by atoms with Gasteiger partial charge < -0.3 is 10.5 Å². The summed E-state index contributed by atoms with van der Waals surface area (Å²) in [5.41, 5.74) is 5.51. The van der Waals surface area contributed by atoms with Crippen molar-refractivity contribution in [1.82, 2.24) is 0 Å². The van der Waals surface area contributed by atoms with Gasteiger partial charge in [-0.1, -0.05) is 19.8 Å². The van der Waals surface area contributed by atoms with Crippen LogP contribution in [0.5, 0.6) is 0 Å². The van der Waals surface area contributed by atoms with Crippen molar-refractivity contribution in [3.8, 4) is 0 Å². The minimum atomic E-state index is -0.421. The van der Waals surface area contributed by atoms with Gasteiger partial charge in [-0.3, -0.25) is 4.79 Å². The highest BCUT2D eigenvalue weighted by Crippen LogP contribution is 1.99. The van der Waals surface area contributed by atoms with Crippen LogP contribution in [-0.4, -0.2) is 18.6 Å². The first-order valence-electron chi connectivity index (χ1n) is 4.14. The van der Waals surface area contributed by atoms with Crippen LogP contribution in [0.1, 0.15) is 33.1 Å². The molecule has 2 N–H and O–H groups in total. The molecule has 0 aliphatic heterocycles. The summed E-state index contributed by atoms with van der Waals surface area (Å²) in [7, 11) is 0. The number of unbranched alkanes of at least 4 members (excludes halogenated alkanes) is 1.